The van der Waals surface area contributed by atoms with Crippen LogP contribution in [0.1, 0.15) is 25.5 Å². The molecule has 16 heavy (non-hydrogen) atoms. The Hall–Kier alpha value is -1.76. The maximum atomic E-state index is 5.60. The van der Waals surface area contributed by atoms with Crippen LogP contribution in [0.25, 0.3) is 10.8 Å². The van der Waals surface area contributed by atoms with Crippen LogP contribution in [-0.4, -0.2) is 0 Å². The van der Waals surface area contributed by atoms with Crippen LogP contribution in [0.4, 0.5) is 0 Å². The van der Waals surface area contributed by atoms with Gasteiger partial charge in [0, 0.05) is 0 Å². The van der Waals surface area contributed by atoms with Crippen LogP contribution in [-0.2, 0) is 4.74 Å². The molecule has 0 aliphatic heterocycles. The molecule has 2 rings (SSSR count). The van der Waals surface area contributed by atoms with Gasteiger partial charge in [-0.15, -0.1) is 0 Å². The molecule has 1 atom stereocenters. The maximum absolute atomic E-state index is 5.60. The maximum Gasteiger partial charge on any atom is 0.121 e. The van der Waals surface area contributed by atoms with Crippen LogP contribution < -0.4 is 0 Å². The zero-order valence-electron chi connectivity index (χ0n) is 9.68. The summed E-state index contributed by atoms with van der Waals surface area (Å²) in [6.07, 6.45) is 3.73. The second kappa shape index (κ2) is 4.84. The third kappa shape index (κ3) is 2.08. The molecule has 1 nitrogen and oxygen atoms in total. The van der Waals surface area contributed by atoms with E-state index in [1.807, 2.05) is 13.0 Å². The lowest BCUT2D eigenvalue weighted by atomic mass is 10.0. The summed E-state index contributed by atoms with van der Waals surface area (Å²) >= 11 is 0. The summed E-state index contributed by atoms with van der Waals surface area (Å²) in [5, 5.41) is 2.53. The van der Waals surface area contributed by atoms with Crippen molar-refractivity contribution in [3.05, 3.63) is 60.4 Å². The van der Waals surface area contributed by atoms with E-state index in [2.05, 4.69) is 49.4 Å². The molecule has 2 aromatic carbocycles. The average Bonchev–Trinajstić information content (AvgIpc) is 2.35. The third-order valence-corrected chi connectivity index (χ3v) is 2.68. The lowest BCUT2D eigenvalue weighted by molar-refractivity contribution is 0.165. The smallest absolute Gasteiger partial charge is 0.121 e. The Morgan fingerprint density at radius 2 is 1.81 bits per heavy atom. The summed E-state index contributed by atoms with van der Waals surface area (Å²) in [6, 6.07) is 14.7. The minimum atomic E-state index is 0.0855. The zero-order chi connectivity index (χ0) is 11.4. The highest BCUT2D eigenvalue weighted by Gasteiger charge is 2.07. The van der Waals surface area contributed by atoms with Gasteiger partial charge in [-0.2, -0.15) is 0 Å². The summed E-state index contributed by atoms with van der Waals surface area (Å²) in [6.45, 7) is 4.03. The highest BCUT2D eigenvalue weighted by atomic mass is 16.5. The molecule has 0 spiro atoms. The van der Waals surface area contributed by atoms with E-state index < -0.39 is 0 Å². The lowest BCUT2D eigenvalue weighted by Crippen LogP contribution is -1.95. The van der Waals surface area contributed by atoms with Gasteiger partial charge in [-0.25, -0.2) is 0 Å². The number of benzene rings is 2. The molecule has 1 heteroatoms. The molecule has 0 N–H and O–H groups in total. The molecule has 0 bridgehead atoms. The quantitative estimate of drug-likeness (QED) is 0.683. The van der Waals surface area contributed by atoms with Crippen molar-refractivity contribution in [1.29, 1.82) is 0 Å². The van der Waals surface area contributed by atoms with E-state index in [9.17, 15) is 0 Å². The number of ether oxygens (including phenoxy) is 1. The SMILES string of the molecule is C/C=C\OC(C)c1cccc2ccccc12. The van der Waals surface area contributed by atoms with E-state index in [-0.39, 0.29) is 6.10 Å². The Labute approximate surface area is 96.4 Å². The van der Waals surface area contributed by atoms with Crippen molar-refractivity contribution in [3.8, 4) is 0 Å². The standard InChI is InChI=1S/C15H16O/c1-3-11-16-12(2)14-10-6-8-13-7-4-5-9-15(13)14/h3-12H,1-2H3/b11-3-. The van der Waals surface area contributed by atoms with Gasteiger partial charge in [0.25, 0.3) is 0 Å². The van der Waals surface area contributed by atoms with E-state index in [1.54, 1.807) is 6.26 Å². The second-order valence-corrected chi connectivity index (χ2v) is 3.82. The molecule has 0 amide bonds. The zero-order valence-corrected chi connectivity index (χ0v) is 9.68. The molecule has 1 unspecified atom stereocenters. The molecule has 82 valence electrons. The van der Waals surface area contributed by atoms with Gasteiger partial charge in [0.1, 0.15) is 6.10 Å². The van der Waals surface area contributed by atoms with Crippen LogP contribution in [0.3, 0.4) is 0 Å². The van der Waals surface area contributed by atoms with Gasteiger partial charge in [-0.3, -0.25) is 0 Å². The van der Waals surface area contributed by atoms with Gasteiger partial charge in [0.05, 0.1) is 6.26 Å². The molecule has 0 aliphatic carbocycles. The topological polar surface area (TPSA) is 9.23 Å². The summed E-state index contributed by atoms with van der Waals surface area (Å²) in [5.41, 5.74) is 1.23. The molecule has 0 fully saturated rings. The van der Waals surface area contributed by atoms with E-state index in [1.165, 1.54) is 16.3 Å². The number of hydrogen-bond acceptors (Lipinski definition) is 1. The van der Waals surface area contributed by atoms with E-state index in [0.29, 0.717) is 0 Å². The fourth-order valence-electron chi connectivity index (χ4n) is 1.87. The first-order valence-electron chi connectivity index (χ1n) is 5.57. The largest absolute Gasteiger partial charge is 0.494 e. The highest BCUT2D eigenvalue weighted by molar-refractivity contribution is 5.85. The Kier molecular flexibility index (Phi) is 3.25. The minimum Gasteiger partial charge on any atom is -0.494 e. The Morgan fingerprint density at radius 1 is 1.06 bits per heavy atom. The number of fused-ring (bicyclic) bond motifs is 1. The van der Waals surface area contributed by atoms with Gasteiger partial charge >= 0.3 is 0 Å². The molecular formula is C15H16O. The van der Waals surface area contributed by atoms with Crippen molar-refractivity contribution in [1.82, 2.24) is 0 Å². The molecule has 2 aromatic rings. The van der Waals surface area contributed by atoms with Gasteiger partial charge < -0.3 is 4.74 Å². The highest BCUT2D eigenvalue weighted by Crippen LogP contribution is 2.26. The Bertz CT molecular complexity index is 494. The summed E-state index contributed by atoms with van der Waals surface area (Å²) in [5.74, 6) is 0. The van der Waals surface area contributed by atoms with Gasteiger partial charge in [0.2, 0.25) is 0 Å². The predicted molar refractivity (Wildman–Crippen MR) is 68.3 cm³/mol. The Morgan fingerprint density at radius 3 is 2.62 bits per heavy atom. The van der Waals surface area contributed by atoms with Crippen molar-refractivity contribution in [2.45, 2.75) is 20.0 Å². The molecular weight excluding hydrogens is 196 g/mol. The normalized spacial score (nSPS) is 13.1. The van der Waals surface area contributed by atoms with E-state index >= 15 is 0 Å². The molecule has 0 saturated carbocycles. The number of allylic oxidation sites excluding steroid dienone is 1. The first-order valence-corrected chi connectivity index (χ1v) is 5.57. The average molecular weight is 212 g/mol. The second-order valence-electron chi connectivity index (χ2n) is 3.82. The first kappa shape index (κ1) is 10.7. The summed E-state index contributed by atoms with van der Waals surface area (Å²) in [4.78, 5) is 0. The minimum absolute atomic E-state index is 0.0855. The van der Waals surface area contributed by atoms with E-state index in [4.69, 9.17) is 4.74 Å². The van der Waals surface area contributed by atoms with Gasteiger partial charge in [0.15, 0.2) is 0 Å². The monoisotopic (exact) mass is 212 g/mol. The lowest BCUT2D eigenvalue weighted by Gasteiger charge is -2.14. The van der Waals surface area contributed by atoms with Crippen molar-refractivity contribution in [2.24, 2.45) is 0 Å². The summed E-state index contributed by atoms with van der Waals surface area (Å²) < 4.78 is 5.60. The molecule has 0 heterocycles. The third-order valence-electron chi connectivity index (χ3n) is 2.68. The van der Waals surface area contributed by atoms with Crippen LogP contribution in [0.5, 0.6) is 0 Å². The molecule has 0 saturated heterocycles. The number of hydrogen-bond donors (Lipinski definition) is 0. The van der Waals surface area contributed by atoms with Crippen molar-refractivity contribution < 1.29 is 4.74 Å². The fraction of sp³-hybridized carbons (Fsp3) is 0.200. The van der Waals surface area contributed by atoms with Crippen LogP contribution >= 0.6 is 0 Å². The van der Waals surface area contributed by atoms with Gasteiger partial charge in [-0.05, 0) is 30.2 Å². The molecule has 0 aromatic heterocycles. The fourth-order valence-corrected chi connectivity index (χ4v) is 1.87. The van der Waals surface area contributed by atoms with Crippen molar-refractivity contribution in [3.63, 3.8) is 0 Å². The van der Waals surface area contributed by atoms with E-state index in [0.717, 1.165) is 0 Å². The van der Waals surface area contributed by atoms with Crippen LogP contribution in [0.15, 0.2) is 54.8 Å². The van der Waals surface area contributed by atoms with Gasteiger partial charge in [-0.1, -0.05) is 48.5 Å². The van der Waals surface area contributed by atoms with Crippen molar-refractivity contribution in [2.75, 3.05) is 0 Å². The van der Waals surface area contributed by atoms with Crippen LogP contribution in [0, 0.1) is 0 Å². The van der Waals surface area contributed by atoms with Crippen LogP contribution in [0.2, 0.25) is 0 Å². The molecule has 0 aliphatic rings. The Balaban J connectivity index is 2.43. The number of rotatable bonds is 3. The predicted octanol–water partition coefficient (Wildman–Crippen LogP) is 4.45. The summed E-state index contributed by atoms with van der Waals surface area (Å²) in [7, 11) is 0. The first-order chi connectivity index (χ1) is 7.83. The molecule has 0 radical (unpaired) electrons. The van der Waals surface area contributed by atoms with Crippen molar-refractivity contribution >= 4 is 10.8 Å².